The SMILES string of the molecule is Cc1cc(C)cc(CSCC(=O)N(Cc2ccc(Cl)cc2Cl)[C@@H](Cc2ccccc2)C(=O)NCC(C)C)c1. The Labute approximate surface area is 241 Å². The van der Waals surface area contributed by atoms with Gasteiger partial charge in [0.05, 0.1) is 5.75 Å². The Morgan fingerprint density at radius 3 is 2.24 bits per heavy atom. The first-order valence-corrected chi connectivity index (χ1v) is 14.7. The van der Waals surface area contributed by atoms with E-state index in [4.69, 9.17) is 23.2 Å². The number of carbonyl (C=O) groups excluding carboxylic acids is 2. The first-order valence-electron chi connectivity index (χ1n) is 12.8. The van der Waals surface area contributed by atoms with Crippen LogP contribution in [-0.2, 0) is 28.3 Å². The average Bonchev–Trinajstić information content (AvgIpc) is 2.85. The van der Waals surface area contributed by atoms with Gasteiger partial charge in [-0.1, -0.05) is 103 Å². The molecule has 0 aliphatic rings. The molecule has 0 bridgehead atoms. The van der Waals surface area contributed by atoms with Gasteiger partial charge in [0.2, 0.25) is 11.8 Å². The summed E-state index contributed by atoms with van der Waals surface area (Å²) in [4.78, 5) is 29.0. The highest BCUT2D eigenvalue weighted by Crippen LogP contribution is 2.25. The summed E-state index contributed by atoms with van der Waals surface area (Å²) in [5.74, 6) is 0.985. The molecule has 38 heavy (non-hydrogen) atoms. The van der Waals surface area contributed by atoms with Crippen LogP contribution in [0.15, 0.2) is 66.7 Å². The zero-order chi connectivity index (χ0) is 27.7. The highest BCUT2D eigenvalue weighted by Gasteiger charge is 2.30. The predicted molar refractivity (Wildman–Crippen MR) is 161 cm³/mol. The zero-order valence-electron chi connectivity index (χ0n) is 22.5. The summed E-state index contributed by atoms with van der Waals surface area (Å²) in [6.45, 7) is 9.00. The van der Waals surface area contributed by atoms with E-state index in [1.807, 2.05) is 50.2 Å². The van der Waals surface area contributed by atoms with Crippen LogP contribution in [0.1, 0.15) is 41.7 Å². The number of nitrogens with one attached hydrogen (secondary N) is 1. The number of rotatable bonds is 12. The van der Waals surface area contributed by atoms with Gasteiger partial charge in [-0.25, -0.2) is 0 Å². The zero-order valence-corrected chi connectivity index (χ0v) is 24.8. The molecular formula is C31H36Cl2N2O2S. The fourth-order valence-electron chi connectivity index (χ4n) is 4.30. The number of amides is 2. The summed E-state index contributed by atoms with van der Waals surface area (Å²) in [5.41, 5.74) is 5.33. The van der Waals surface area contributed by atoms with Gasteiger partial charge >= 0.3 is 0 Å². The van der Waals surface area contributed by atoms with Crippen LogP contribution in [-0.4, -0.2) is 35.1 Å². The van der Waals surface area contributed by atoms with Crippen LogP contribution in [0.2, 0.25) is 10.0 Å². The second-order valence-corrected chi connectivity index (χ2v) is 11.9. The van der Waals surface area contributed by atoms with Crippen LogP contribution in [0.3, 0.4) is 0 Å². The second-order valence-electron chi connectivity index (χ2n) is 10.1. The minimum absolute atomic E-state index is 0.106. The molecule has 0 heterocycles. The molecule has 0 unspecified atom stereocenters. The smallest absolute Gasteiger partial charge is 0.243 e. The number of thioether (sulfide) groups is 1. The minimum atomic E-state index is -0.683. The summed E-state index contributed by atoms with van der Waals surface area (Å²) in [5, 5.41) is 4.04. The third-order valence-electron chi connectivity index (χ3n) is 6.09. The molecule has 0 aromatic heterocycles. The van der Waals surface area contributed by atoms with Crippen molar-refractivity contribution >= 4 is 46.8 Å². The van der Waals surface area contributed by atoms with Crippen molar-refractivity contribution < 1.29 is 9.59 Å². The van der Waals surface area contributed by atoms with Crippen LogP contribution in [0.4, 0.5) is 0 Å². The van der Waals surface area contributed by atoms with Gasteiger partial charge < -0.3 is 10.2 Å². The lowest BCUT2D eigenvalue weighted by Gasteiger charge is -2.32. The molecule has 3 rings (SSSR count). The van der Waals surface area contributed by atoms with E-state index in [0.717, 1.165) is 11.1 Å². The van der Waals surface area contributed by atoms with E-state index in [1.165, 1.54) is 16.7 Å². The van der Waals surface area contributed by atoms with E-state index in [0.29, 0.717) is 34.7 Å². The van der Waals surface area contributed by atoms with E-state index in [1.54, 1.807) is 28.8 Å². The molecule has 0 spiro atoms. The molecule has 3 aromatic rings. The fraction of sp³-hybridized carbons (Fsp3) is 0.355. The molecule has 0 aliphatic carbocycles. The lowest BCUT2D eigenvalue weighted by Crippen LogP contribution is -2.51. The standard InChI is InChI=1S/C31H36Cl2N2O2S/c1-21(2)17-34-31(37)29(15-24-8-6-5-7-9-24)35(18-26-10-11-27(32)16-28(26)33)30(36)20-38-19-25-13-22(3)12-23(4)14-25/h5-14,16,21,29H,15,17-20H2,1-4H3,(H,34,37)/t29-/m0/s1. The molecule has 1 N–H and O–H groups in total. The summed E-state index contributed by atoms with van der Waals surface area (Å²) in [6, 6.07) is 20.8. The van der Waals surface area contributed by atoms with Gasteiger partial charge in [-0.3, -0.25) is 9.59 Å². The molecule has 0 saturated heterocycles. The molecule has 1 atom stereocenters. The number of aryl methyl sites for hydroxylation is 2. The van der Waals surface area contributed by atoms with Crippen molar-refractivity contribution in [2.45, 2.75) is 52.5 Å². The van der Waals surface area contributed by atoms with Crippen molar-refractivity contribution in [3.63, 3.8) is 0 Å². The van der Waals surface area contributed by atoms with Crippen molar-refractivity contribution in [1.29, 1.82) is 0 Å². The molecular weight excluding hydrogens is 535 g/mol. The Morgan fingerprint density at radius 2 is 1.61 bits per heavy atom. The summed E-state index contributed by atoms with van der Waals surface area (Å²) < 4.78 is 0. The van der Waals surface area contributed by atoms with Crippen molar-refractivity contribution in [3.05, 3.63) is 105 Å². The van der Waals surface area contributed by atoms with Crippen LogP contribution in [0.25, 0.3) is 0 Å². The third kappa shape index (κ3) is 9.37. The first-order chi connectivity index (χ1) is 18.1. The van der Waals surface area contributed by atoms with Gasteiger partial charge in [0.25, 0.3) is 0 Å². The van der Waals surface area contributed by atoms with Gasteiger partial charge in [0.15, 0.2) is 0 Å². The van der Waals surface area contributed by atoms with Crippen LogP contribution in [0.5, 0.6) is 0 Å². The van der Waals surface area contributed by atoms with Gasteiger partial charge in [0, 0.05) is 35.3 Å². The lowest BCUT2D eigenvalue weighted by molar-refractivity contribution is -0.139. The monoisotopic (exact) mass is 570 g/mol. The van der Waals surface area contributed by atoms with Crippen molar-refractivity contribution in [2.75, 3.05) is 12.3 Å². The Balaban J connectivity index is 1.88. The average molecular weight is 572 g/mol. The molecule has 202 valence electrons. The summed E-state index contributed by atoms with van der Waals surface area (Å²) in [6.07, 6.45) is 0.406. The summed E-state index contributed by atoms with van der Waals surface area (Å²) in [7, 11) is 0. The van der Waals surface area contributed by atoms with Crippen molar-refractivity contribution in [1.82, 2.24) is 10.2 Å². The number of benzene rings is 3. The number of carbonyl (C=O) groups is 2. The summed E-state index contributed by atoms with van der Waals surface area (Å²) >= 11 is 14.2. The van der Waals surface area contributed by atoms with E-state index in [-0.39, 0.29) is 24.1 Å². The van der Waals surface area contributed by atoms with Crippen LogP contribution in [0, 0.1) is 19.8 Å². The topological polar surface area (TPSA) is 49.4 Å². The maximum absolute atomic E-state index is 13.8. The molecule has 0 fully saturated rings. The largest absolute Gasteiger partial charge is 0.354 e. The van der Waals surface area contributed by atoms with Crippen molar-refractivity contribution in [2.24, 2.45) is 5.92 Å². The third-order valence-corrected chi connectivity index (χ3v) is 7.66. The maximum Gasteiger partial charge on any atom is 0.243 e. The van der Waals surface area contributed by atoms with Gasteiger partial charge in [0.1, 0.15) is 6.04 Å². The lowest BCUT2D eigenvalue weighted by atomic mass is 10.0. The number of hydrogen-bond acceptors (Lipinski definition) is 3. The second kappa shape index (κ2) is 14.6. The quantitative estimate of drug-likeness (QED) is 0.249. The Kier molecular flexibility index (Phi) is 11.6. The fourth-order valence-corrected chi connectivity index (χ4v) is 5.61. The molecule has 0 saturated carbocycles. The van der Waals surface area contributed by atoms with Crippen molar-refractivity contribution in [3.8, 4) is 0 Å². The molecule has 3 aromatic carbocycles. The van der Waals surface area contributed by atoms with E-state index < -0.39 is 6.04 Å². The van der Waals surface area contributed by atoms with Gasteiger partial charge in [-0.2, -0.15) is 0 Å². The van der Waals surface area contributed by atoms with E-state index in [9.17, 15) is 9.59 Å². The van der Waals surface area contributed by atoms with E-state index >= 15 is 0 Å². The van der Waals surface area contributed by atoms with Crippen LogP contribution >= 0.6 is 35.0 Å². The Morgan fingerprint density at radius 1 is 0.921 bits per heavy atom. The highest BCUT2D eigenvalue weighted by molar-refractivity contribution is 7.99. The maximum atomic E-state index is 13.8. The molecule has 7 heteroatoms. The number of hydrogen-bond donors (Lipinski definition) is 1. The Hall–Kier alpha value is -2.47. The highest BCUT2D eigenvalue weighted by atomic mass is 35.5. The molecule has 4 nitrogen and oxygen atoms in total. The van der Waals surface area contributed by atoms with Gasteiger partial charge in [-0.05, 0) is 48.6 Å². The van der Waals surface area contributed by atoms with Gasteiger partial charge in [-0.15, -0.1) is 11.8 Å². The molecule has 2 amide bonds. The predicted octanol–water partition coefficient (Wildman–Crippen LogP) is 7.26. The molecule has 0 aliphatic heterocycles. The Bertz CT molecular complexity index is 1210. The van der Waals surface area contributed by atoms with E-state index in [2.05, 4.69) is 37.4 Å². The number of halogens is 2. The molecule has 0 radical (unpaired) electrons. The minimum Gasteiger partial charge on any atom is -0.354 e. The van der Waals surface area contributed by atoms with Crippen LogP contribution < -0.4 is 5.32 Å². The number of nitrogens with zero attached hydrogens (tertiary/aromatic N) is 1. The first kappa shape index (κ1) is 30.1. The normalized spacial score (nSPS) is 11.9.